The zero-order valence-electron chi connectivity index (χ0n) is 13.9. The summed E-state index contributed by atoms with van der Waals surface area (Å²) >= 11 is 0. The molecular weight excluding hydrogens is 348 g/mol. The van der Waals surface area contributed by atoms with Gasteiger partial charge in [-0.1, -0.05) is 0 Å². The smallest absolute Gasteiger partial charge is 0.303 e. The van der Waals surface area contributed by atoms with Crippen molar-refractivity contribution in [3.8, 4) is 5.75 Å². The first-order valence-corrected chi connectivity index (χ1v) is 9.52. The Bertz CT molecular complexity index is 743. The van der Waals surface area contributed by atoms with Gasteiger partial charge in [-0.25, -0.2) is 13.1 Å². The second-order valence-corrected chi connectivity index (χ2v) is 7.55. The number of amides is 1. The number of carbonyl (C=O) groups is 2. The summed E-state index contributed by atoms with van der Waals surface area (Å²) in [5.41, 5.74) is 0.204. The van der Waals surface area contributed by atoms with Crippen molar-refractivity contribution in [3.63, 3.8) is 0 Å². The van der Waals surface area contributed by atoms with E-state index in [0.29, 0.717) is 19.4 Å². The van der Waals surface area contributed by atoms with Crippen LogP contribution in [0.4, 0.5) is 0 Å². The molecule has 0 radical (unpaired) electrons. The molecule has 1 saturated carbocycles. The summed E-state index contributed by atoms with van der Waals surface area (Å²) in [7, 11) is -2.39. The SMILES string of the molecule is COc1ccc(C(=O)NCCCCC(=O)O)cc1S(=O)(=O)NC1CC1. The Morgan fingerprint density at radius 3 is 2.60 bits per heavy atom. The Kier molecular flexibility index (Phi) is 6.38. The normalized spacial score (nSPS) is 14.1. The summed E-state index contributed by atoms with van der Waals surface area (Å²) in [5, 5.41) is 11.2. The molecule has 0 saturated heterocycles. The standard InChI is InChI=1S/C16H22N2O6S/c1-24-13-8-5-11(16(21)17-9-3-2-4-15(19)20)10-14(13)25(22,23)18-12-6-7-12/h5,8,10,12,18H,2-4,6-7,9H2,1H3,(H,17,21)(H,19,20). The maximum atomic E-state index is 12.4. The third kappa shape index (κ3) is 5.71. The number of hydrogen-bond donors (Lipinski definition) is 3. The molecule has 0 aromatic heterocycles. The van der Waals surface area contributed by atoms with Crippen LogP contribution in [0, 0.1) is 0 Å². The van der Waals surface area contributed by atoms with Gasteiger partial charge in [0.1, 0.15) is 10.6 Å². The number of aliphatic carboxylic acids is 1. The maximum Gasteiger partial charge on any atom is 0.303 e. The van der Waals surface area contributed by atoms with Crippen LogP contribution in [-0.4, -0.2) is 45.1 Å². The molecule has 9 heteroatoms. The highest BCUT2D eigenvalue weighted by Gasteiger charge is 2.30. The summed E-state index contributed by atoms with van der Waals surface area (Å²) in [6.07, 6.45) is 2.65. The molecule has 8 nitrogen and oxygen atoms in total. The van der Waals surface area contributed by atoms with Crippen LogP contribution in [0.5, 0.6) is 5.75 Å². The van der Waals surface area contributed by atoms with E-state index in [1.54, 1.807) is 0 Å². The second-order valence-electron chi connectivity index (χ2n) is 5.87. The van der Waals surface area contributed by atoms with Gasteiger partial charge in [0, 0.05) is 24.6 Å². The monoisotopic (exact) mass is 370 g/mol. The number of ether oxygens (including phenoxy) is 1. The number of hydrogen-bond acceptors (Lipinski definition) is 5. The fourth-order valence-electron chi connectivity index (χ4n) is 2.22. The molecule has 1 amide bonds. The van der Waals surface area contributed by atoms with Gasteiger partial charge in [0.15, 0.2) is 0 Å². The van der Waals surface area contributed by atoms with E-state index in [2.05, 4.69) is 10.0 Å². The molecule has 0 aliphatic heterocycles. The quantitative estimate of drug-likeness (QED) is 0.531. The maximum absolute atomic E-state index is 12.4. The fraction of sp³-hybridized carbons (Fsp3) is 0.500. The number of nitrogens with one attached hydrogen (secondary N) is 2. The summed E-state index contributed by atoms with van der Waals surface area (Å²) in [5.74, 6) is -1.12. The van der Waals surface area contributed by atoms with Crippen LogP contribution in [0.15, 0.2) is 23.1 Å². The predicted molar refractivity (Wildman–Crippen MR) is 90.2 cm³/mol. The summed E-state index contributed by atoms with van der Waals surface area (Å²) in [6.45, 7) is 0.320. The average molecular weight is 370 g/mol. The molecule has 1 aromatic rings. The van der Waals surface area contributed by atoms with Crippen molar-refractivity contribution < 1.29 is 27.9 Å². The van der Waals surface area contributed by atoms with E-state index in [1.807, 2.05) is 0 Å². The summed E-state index contributed by atoms with van der Waals surface area (Å²) in [4.78, 5) is 22.5. The van der Waals surface area contributed by atoms with E-state index in [9.17, 15) is 18.0 Å². The first-order chi connectivity index (χ1) is 11.8. The van der Waals surface area contributed by atoms with Gasteiger partial charge in [-0.15, -0.1) is 0 Å². The van der Waals surface area contributed by atoms with Crippen LogP contribution >= 0.6 is 0 Å². The molecule has 0 heterocycles. The number of carboxylic acid groups (broad SMARTS) is 1. The lowest BCUT2D eigenvalue weighted by molar-refractivity contribution is -0.137. The predicted octanol–water partition coefficient (Wildman–Crippen LogP) is 1.12. The number of methoxy groups -OCH3 is 1. The molecule has 25 heavy (non-hydrogen) atoms. The van der Waals surface area contributed by atoms with Gasteiger partial charge in [0.25, 0.3) is 5.91 Å². The molecule has 2 rings (SSSR count). The number of sulfonamides is 1. The lowest BCUT2D eigenvalue weighted by Gasteiger charge is -2.12. The molecule has 3 N–H and O–H groups in total. The second kappa shape index (κ2) is 8.30. The zero-order valence-corrected chi connectivity index (χ0v) is 14.8. The van der Waals surface area contributed by atoms with E-state index in [-0.39, 0.29) is 28.7 Å². The number of benzene rings is 1. The van der Waals surface area contributed by atoms with Crippen LogP contribution in [0.25, 0.3) is 0 Å². The van der Waals surface area contributed by atoms with Crippen molar-refractivity contribution in [3.05, 3.63) is 23.8 Å². The Labute approximate surface area is 146 Å². The third-order valence-corrected chi connectivity index (χ3v) is 5.26. The molecule has 0 bridgehead atoms. The van der Waals surface area contributed by atoms with Crippen molar-refractivity contribution in [2.75, 3.05) is 13.7 Å². The van der Waals surface area contributed by atoms with Crippen molar-refractivity contribution in [1.82, 2.24) is 10.0 Å². The van der Waals surface area contributed by atoms with Crippen molar-refractivity contribution >= 4 is 21.9 Å². The highest BCUT2D eigenvalue weighted by Crippen LogP contribution is 2.28. The Morgan fingerprint density at radius 1 is 1.28 bits per heavy atom. The topological polar surface area (TPSA) is 122 Å². The number of rotatable bonds is 10. The summed E-state index contributed by atoms with van der Waals surface area (Å²) in [6, 6.07) is 4.17. The number of unbranched alkanes of at least 4 members (excludes halogenated alkanes) is 1. The van der Waals surface area contributed by atoms with E-state index in [4.69, 9.17) is 9.84 Å². The van der Waals surface area contributed by atoms with Gasteiger partial charge in [0.2, 0.25) is 10.0 Å². The number of carbonyl (C=O) groups excluding carboxylic acids is 1. The van der Waals surface area contributed by atoms with Crippen LogP contribution in [0.1, 0.15) is 42.5 Å². The van der Waals surface area contributed by atoms with Crippen molar-refractivity contribution in [2.24, 2.45) is 0 Å². The Balaban J connectivity index is 2.04. The molecule has 1 aliphatic carbocycles. The highest BCUT2D eigenvalue weighted by molar-refractivity contribution is 7.89. The first-order valence-electron chi connectivity index (χ1n) is 8.04. The first kappa shape index (κ1) is 19.2. The van der Waals surface area contributed by atoms with Crippen molar-refractivity contribution in [2.45, 2.75) is 43.0 Å². The van der Waals surface area contributed by atoms with E-state index < -0.39 is 21.9 Å². The fourth-order valence-corrected chi connectivity index (χ4v) is 3.72. The van der Waals surface area contributed by atoms with Gasteiger partial charge in [-0.05, 0) is 43.9 Å². The van der Waals surface area contributed by atoms with Crippen LogP contribution in [0.2, 0.25) is 0 Å². The van der Waals surface area contributed by atoms with Gasteiger partial charge in [-0.3, -0.25) is 9.59 Å². The van der Waals surface area contributed by atoms with Gasteiger partial charge in [-0.2, -0.15) is 0 Å². The number of carboxylic acids is 1. The summed E-state index contributed by atoms with van der Waals surface area (Å²) < 4.78 is 32.5. The molecule has 138 valence electrons. The molecular formula is C16H22N2O6S. The average Bonchev–Trinajstić information content (AvgIpc) is 3.36. The van der Waals surface area contributed by atoms with E-state index >= 15 is 0 Å². The molecule has 1 fully saturated rings. The largest absolute Gasteiger partial charge is 0.495 e. The minimum Gasteiger partial charge on any atom is -0.495 e. The molecule has 1 aliphatic rings. The van der Waals surface area contributed by atoms with Gasteiger partial charge < -0.3 is 15.2 Å². The van der Waals surface area contributed by atoms with E-state index in [0.717, 1.165) is 12.8 Å². The van der Waals surface area contributed by atoms with E-state index in [1.165, 1.54) is 25.3 Å². The zero-order chi connectivity index (χ0) is 18.4. The van der Waals surface area contributed by atoms with Crippen LogP contribution < -0.4 is 14.8 Å². The minimum atomic E-state index is -3.75. The third-order valence-electron chi connectivity index (χ3n) is 3.72. The van der Waals surface area contributed by atoms with Gasteiger partial charge >= 0.3 is 5.97 Å². The Hall–Kier alpha value is -2.13. The minimum absolute atomic E-state index is 0.0492. The molecule has 0 atom stereocenters. The lowest BCUT2D eigenvalue weighted by Crippen LogP contribution is -2.28. The van der Waals surface area contributed by atoms with Crippen LogP contribution in [0.3, 0.4) is 0 Å². The Morgan fingerprint density at radius 2 is 2.00 bits per heavy atom. The molecule has 0 spiro atoms. The van der Waals surface area contributed by atoms with Gasteiger partial charge in [0.05, 0.1) is 7.11 Å². The molecule has 1 aromatic carbocycles. The lowest BCUT2D eigenvalue weighted by atomic mass is 10.2. The van der Waals surface area contributed by atoms with Crippen molar-refractivity contribution in [1.29, 1.82) is 0 Å². The van der Waals surface area contributed by atoms with Crippen LogP contribution in [-0.2, 0) is 14.8 Å². The highest BCUT2D eigenvalue weighted by atomic mass is 32.2. The molecule has 0 unspecified atom stereocenters.